The minimum atomic E-state index is -0.788. The van der Waals surface area contributed by atoms with Gasteiger partial charge in [-0.15, -0.1) is 0 Å². The fourth-order valence-electron chi connectivity index (χ4n) is 2.98. The number of nitrogens with zero attached hydrogens (tertiary/aromatic N) is 2. The largest absolute Gasteiger partial charge is 0.409 e. The van der Waals surface area contributed by atoms with Crippen LogP contribution in [0.4, 0.5) is 0 Å². The number of amides is 1. The van der Waals surface area contributed by atoms with E-state index in [1.807, 2.05) is 14.0 Å². The summed E-state index contributed by atoms with van der Waals surface area (Å²) in [6.45, 7) is 4.15. The van der Waals surface area contributed by atoms with Crippen molar-refractivity contribution in [2.75, 3.05) is 7.05 Å². The molecular weight excluding hydrogens is 242 g/mol. The molecule has 1 amide bonds. The van der Waals surface area contributed by atoms with Crippen molar-refractivity contribution in [3.8, 4) is 0 Å². The Bertz CT molecular complexity index is 336. The van der Waals surface area contributed by atoms with Gasteiger partial charge in [0.15, 0.2) is 5.84 Å². The summed E-state index contributed by atoms with van der Waals surface area (Å²) >= 11 is 0. The first kappa shape index (κ1) is 15.8. The minimum absolute atomic E-state index is 0.00319. The number of oxime groups is 1. The molecule has 110 valence electrons. The molecule has 0 aromatic heterocycles. The minimum Gasteiger partial charge on any atom is -0.409 e. The molecule has 1 aliphatic rings. The first-order valence-electron chi connectivity index (χ1n) is 7.25. The summed E-state index contributed by atoms with van der Waals surface area (Å²) in [6.07, 6.45) is 6.40. The molecule has 5 heteroatoms. The third kappa shape index (κ3) is 3.19. The van der Waals surface area contributed by atoms with Gasteiger partial charge in [0, 0.05) is 13.1 Å². The number of rotatable bonds is 5. The van der Waals surface area contributed by atoms with Gasteiger partial charge in [-0.2, -0.15) is 0 Å². The molecule has 0 spiro atoms. The molecule has 1 saturated carbocycles. The lowest BCUT2D eigenvalue weighted by Crippen LogP contribution is -2.53. The Morgan fingerprint density at radius 2 is 2.00 bits per heavy atom. The number of hydrogen-bond donors (Lipinski definition) is 2. The molecule has 1 fully saturated rings. The molecule has 0 aromatic carbocycles. The van der Waals surface area contributed by atoms with Gasteiger partial charge >= 0.3 is 0 Å². The normalized spacial score (nSPS) is 20.9. The standard InChI is InChI=1S/C14H27N3O2/c1-4-8-11(2)17(3)13(18)14(12(15)16-19)9-6-5-7-10-14/h11,19H,4-10H2,1-3H3,(H2,15,16). The van der Waals surface area contributed by atoms with E-state index in [4.69, 9.17) is 10.9 Å². The number of carbonyl (C=O) groups excluding carboxylic acids is 1. The van der Waals surface area contributed by atoms with Gasteiger partial charge < -0.3 is 15.8 Å². The van der Waals surface area contributed by atoms with Crippen LogP contribution >= 0.6 is 0 Å². The second-order valence-electron chi connectivity index (χ2n) is 5.68. The molecule has 19 heavy (non-hydrogen) atoms. The maximum absolute atomic E-state index is 12.8. The van der Waals surface area contributed by atoms with E-state index in [2.05, 4.69) is 12.1 Å². The highest BCUT2D eigenvalue weighted by atomic mass is 16.4. The molecule has 0 heterocycles. The highest BCUT2D eigenvalue weighted by Gasteiger charge is 2.45. The van der Waals surface area contributed by atoms with Crippen LogP contribution in [0.5, 0.6) is 0 Å². The second-order valence-corrected chi connectivity index (χ2v) is 5.68. The average molecular weight is 269 g/mol. The van der Waals surface area contributed by atoms with Gasteiger partial charge in [0.1, 0.15) is 5.41 Å². The van der Waals surface area contributed by atoms with Gasteiger partial charge in [-0.1, -0.05) is 37.8 Å². The van der Waals surface area contributed by atoms with Crippen molar-refractivity contribution in [2.45, 2.75) is 64.8 Å². The molecule has 0 bridgehead atoms. The topological polar surface area (TPSA) is 78.9 Å². The SMILES string of the molecule is CCCC(C)N(C)C(=O)C1(C(N)=NO)CCCCC1. The maximum atomic E-state index is 12.8. The summed E-state index contributed by atoms with van der Waals surface area (Å²) in [5, 5.41) is 12.2. The highest BCUT2D eigenvalue weighted by Crippen LogP contribution is 2.38. The number of nitrogens with two attached hydrogens (primary N) is 1. The van der Waals surface area contributed by atoms with E-state index in [0.29, 0.717) is 12.8 Å². The predicted octanol–water partition coefficient (Wildman–Crippen LogP) is 2.33. The van der Waals surface area contributed by atoms with Crippen LogP contribution in [0.1, 0.15) is 58.8 Å². The first-order valence-corrected chi connectivity index (χ1v) is 7.25. The molecule has 1 rings (SSSR count). The van der Waals surface area contributed by atoms with E-state index < -0.39 is 5.41 Å². The van der Waals surface area contributed by atoms with Crippen LogP contribution in [0.2, 0.25) is 0 Å². The zero-order valence-electron chi connectivity index (χ0n) is 12.4. The summed E-state index contributed by atoms with van der Waals surface area (Å²) in [4.78, 5) is 14.6. The Kier molecular flexibility index (Phi) is 5.63. The number of hydrogen-bond acceptors (Lipinski definition) is 3. The monoisotopic (exact) mass is 269 g/mol. The predicted molar refractivity (Wildman–Crippen MR) is 76.1 cm³/mol. The molecule has 0 aliphatic heterocycles. The van der Waals surface area contributed by atoms with Crippen molar-refractivity contribution in [3.05, 3.63) is 0 Å². The van der Waals surface area contributed by atoms with Crippen LogP contribution in [-0.2, 0) is 4.79 Å². The number of amidine groups is 1. The van der Waals surface area contributed by atoms with E-state index in [-0.39, 0.29) is 17.8 Å². The Hall–Kier alpha value is -1.26. The van der Waals surface area contributed by atoms with Crippen molar-refractivity contribution >= 4 is 11.7 Å². The summed E-state index contributed by atoms with van der Waals surface area (Å²) in [6, 6.07) is 0.183. The Morgan fingerprint density at radius 3 is 2.47 bits per heavy atom. The Balaban J connectivity index is 2.95. The lowest BCUT2D eigenvalue weighted by atomic mass is 9.72. The van der Waals surface area contributed by atoms with Gasteiger partial charge in [0.05, 0.1) is 0 Å². The van der Waals surface area contributed by atoms with Gasteiger partial charge in [0.25, 0.3) is 0 Å². The van der Waals surface area contributed by atoms with Crippen LogP contribution in [0.3, 0.4) is 0 Å². The van der Waals surface area contributed by atoms with Crippen LogP contribution in [-0.4, -0.2) is 34.9 Å². The fourth-order valence-corrected chi connectivity index (χ4v) is 2.98. The zero-order chi connectivity index (χ0) is 14.5. The van der Waals surface area contributed by atoms with Crippen molar-refractivity contribution in [1.29, 1.82) is 0 Å². The second kappa shape index (κ2) is 6.78. The van der Waals surface area contributed by atoms with E-state index in [1.54, 1.807) is 4.90 Å². The van der Waals surface area contributed by atoms with Crippen LogP contribution in [0.15, 0.2) is 5.16 Å². The van der Waals surface area contributed by atoms with Crippen LogP contribution in [0, 0.1) is 5.41 Å². The smallest absolute Gasteiger partial charge is 0.236 e. The highest BCUT2D eigenvalue weighted by molar-refractivity contribution is 6.06. The molecule has 1 aliphatic carbocycles. The quantitative estimate of drug-likeness (QED) is 0.348. The van der Waals surface area contributed by atoms with Gasteiger partial charge in [-0.3, -0.25) is 4.79 Å². The molecule has 5 nitrogen and oxygen atoms in total. The summed E-state index contributed by atoms with van der Waals surface area (Å²) in [5.74, 6) is 0.0798. The molecular formula is C14H27N3O2. The molecule has 0 aromatic rings. The first-order chi connectivity index (χ1) is 8.99. The third-order valence-electron chi connectivity index (χ3n) is 4.40. The van der Waals surface area contributed by atoms with E-state index >= 15 is 0 Å². The Morgan fingerprint density at radius 1 is 1.42 bits per heavy atom. The summed E-state index contributed by atoms with van der Waals surface area (Å²) in [7, 11) is 1.82. The molecule has 0 radical (unpaired) electrons. The summed E-state index contributed by atoms with van der Waals surface area (Å²) in [5.41, 5.74) is 5.06. The van der Waals surface area contributed by atoms with Crippen molar-refractivity contribution in [1.82, 2.24) is 4.90 Å². The van der Waals surface area contributed by atoms with Gasteiger partial charge in [0.2, 0.25) is 5.91 Å². The van der Waals surface area contributed by atoms with E-state index in [9.17, 15) is 4.79 Å². The molecule has 1 atom stereocenters. The lowest BCUT2D eigenvalue weighted by Gasteiger charge is -2.39. The zero-order valence-corrected chi connectivity index (χ0v) is 12.4. The van der Waals surface area contributed by atoms with Gasteiger partial charge in [-0.05, 0) is 26.2 Å². The number of carbonyl (C=O) groups is 1. The molecule has 1 unspecified atom stereocenters. The maximum Gasteiger partial charge on any atom is 0.236 e. The third-order valence-corrected chi connectivity index (χ3v) is 4.40. The average Bonchev–Trinajstić information content (AvgIpc) is 2.45. The van der Waals surface area contributed by atoms with Crippen molar-refractivity contribution in [2.24, 2.45) is 16.3 Å². The van der Waals surface area contributed by atoms with Crippen molar-refractivity contribution < 1.29 is 10.0 Å². The Labute approximate surface area is 115 Å². The molecule has 0 saturated heterocycles. The van der Waals surface area contributed by atoms with Gasteiger partial charge in [-0.25, -0.2) is 0 Å². The van der Waals surface area contributed by atoms with Crippen molar-refractivity contribution in [3.63, 3.8) is 0 Å². The van der Waals surface area contributed by atoms with E-state index in [0.717, 1.165) is 32.1 Å². The lowest BCUT2D eigenvalue weighted by molar-refractivity contribution is -0.140. The molecule has 3 N–H and O–H groups in total. The van der Waals surface area contributed by atoms with Crippen LogP contribution in [0.25, 0.3) is 0 Å². The summed E-state index contributed by atoms with van der Waals surface area (Å²) < 4.78 is 0. The van der Waals surface area contributed by atoms with Crippen LogP contribution < -0.4 is 5.73 Å². The fraction of sp³-hybridized carbons (Fsp3) is 0.857. The van der Waals surface area contributed by atoms with E-state index in [1.165, 1.54) is 0 Å².